The number of carbonyl (C=O) groups is 1. The van der Waals surface area contributed by atoms with Gasteiger partial charge in [-0.2, -0.15) is 5.26 Å². The van der Waals surface area contributed by atoms with Crippen LogP contribution in [0.4, 0.5) is 4.79 Å². The van der Waals surface area contributed by atoms with Crippen LogP contribution >= 0.6 is 0 Å². The second-order valence-electron chi connectivity index (χ2n) is 5.79. The molecule has 1 heterocycles. The number of hydrogen-bond acceptors (Lipinski definition) is 5. The molecule has 0 radical (unpaired) electrons. The van der Waals surface area contributed by atoms with E-state index in [1.54, 1.807) is 36.4 Å². The van der Waals surface area contributed by atoms with Crippen molar-refractivity contribution in [2.24, 2.45) is 0 Å². The monoisotopic (exact) mass is 353 g/mol. The maximum atomic E-state index is 12.0. The van der Waals surface area contributed by atoms with Crippen LogP contribution in [-0.2, 0) is 0 Å². The molecule has 3 rings (SSSR count). The van der Waals surface area contributed by atoms with E-state index in [2.05, 4.69) is 10.6 Å². The van der Waals surface area contributed by atoms with Crippen molar-refractivity contribution >= 4 is 6.03 Å². The van der Waals surface area contributed by atoms with Gasteiger partial charge in [-0.1, -0.05) is 18.2 Å². The lowest BCUT2D eigenvalue weighted by molar-refractivity contribution is 0.0773. The minimum absolute atomic E-state index is 0.202. The van der Waals surface area contributed by atoms with Crippen LogP contribution in [-0.4, -0.2) is 36.9 Å². The van der Waals surface area contributed by atoms with E-state index in [1.807, 2.05) is 18.2 Å². The Labute approximate surface area is 151 Å². The molecule has 26 heavy (non-hydrogen) atoms. The Hall–Kier alpha value is -3.24. The smallest absolute Gasteiger partial charge is 0.315 e. The fourth-order valence-corrected chi connectivity index (χ4v) is 2.64. The standard InChI is InChI=1S/C19H19N3O4/c20-11-13-5-7-14(8-6-13)25-10-9-21-19(24)22-16-12-26-17-4-2-1-3-15(17)18(16)23/h1-8,16,18,23H,9-10,12H2,(H2,21,22,24). The number of nitrogens with one attached hydrogen (secondary N) is 2. The lowest BCUT2D eigenvalue weighted by atomic mass is 9.99. The minimum Gasteiger partial charge on any atom is -0.492 e. The average Bonchev–Trinajstić information content (AvgIpc) is 2.68. The van der Waals surface area contributed by atoms with E-state index >= 15 is 0 Å². The Morgan fingerprint density at radius 2 is 2.04 bits per heavy atom. The Kier molecular flexibility index (Phi) is 5.56. The first-order valence-corrected chi connectivity index (χ1v) is 8.24. The minimum atomic E-state index is -0.819. The maximum absolute atomic E-state index is 12.0. The van der Waals surface area contributed by atoms with Crippen molar-refractivity contribution in [2.75, 3.05) is 19.8 Å². The van der Waals surface area contributed by atoms with E-state index in [0.717, 1.165) is 0 Å². The van der Waals surface area contributed by atoms with Gasteiger partial charge in [0.25, 0.3) is 0 Å². The molecule has 2 amide bonds. The zero-order valence-electron chi connectivity index (χ0n) is 14.0. The summed E-state index contributed by atoms with van der Waals surface area (Å²) in [5, 5.41) is 24.5. The van der Waals surface area contributed by atoms with Gasteiger partial charge in [0.2, 0.25) is 0 Å². The van der Waals surface area contributed by atoms with Crippen molar-refractivity contribution in [1.82, 2.24) is 10.6 Å². The van der Waals surface area contributed by atoms with Gasteiger partial charge in [-0.15, -0.1) is 0 Å². The number of aliphatic hydroxyl groups excluding tert-OH is 1. The molecule has 0 aliphatic carbocycles. The lowest BCUT2D eigenvalue weighted by Crippen LogP contribution is -2.49. The van der Waals surface area contributed by atoms with Gasteiger partial charge in [-0.25, -0.2) is 4.79 Å². The number of ether oxygens (including phenoxy) is 2. The number of fused-ring (bicyclic) bond motifs is 1. The summed E-state index contributed by atoms with van der Waals surface area (Å²) in [5.41, 5.74) is 1.22. The van der Waals surface area contributed by atoms with Gasteiger partial charge in [0, 0.05) is 5.56 Å². The summed E-state index contributed by atoms with van der Waals surface area (Å²) in [7, 11) is 0. The maximum Gasteiger partial charge on any atom is 0.315 e. The summed E-state index contributed by atoms with van der Waals surface area (Å²) in [5.74, 6) is 1.26. The van der Waals surface area contributed by atoms with Crippen LogP contribution in [0.1, 0.15) is 17.2 Å². The first-order chi connectivity index (χ1) is 12.7. The highest BCUT2D eigenvalue weighted by atomic mass is 16.5. The van der Waals surface area contributed by atoms with E-state index in [0.29, 0.717) is 29.2 Å². The number of benzene rings is 2. The van der Waals surface area contributed by atoms with Crippen molar-refractivity contribution in [3.8, 4) is 17.6 Å². The van der Waals surface area contributed by atoms with Crippen LogP contribution in [0, 0.1) is 11.3 Å². The fraction of sp³-hybridized carbons (Fsp3) is 0.263. The van der Waals surface area contributed by atoms with Gasteiger partial charge in [-0.05, 0) is 30.3 Å². The Morgan fingerprint density at radius 3 is 2.81 bits per heavy atom. The first-order valence-electron chi connectivity index (χ1n) is 8.24. The highest BCUT2D eigenvalue weighted by molar-refractivity contribution is 5.74. The molecule has 1 aliphatic rings. The zero-order valence-corrected chi connectivity index (χ0v) is 14.0. The second-order valence-corrected chi connectivity index (χ2v) is 5.79. The molecule has 134 valence electrons. The van der Waals surface area contributed by atoms with Gasteiger partial charge in [0.15, 0.2) is 0 Å². The number of carbonyl (C=O) groups excluding carboxylic acids is 1. The fourth-order valence-electron chi connectivity index (χ4n) is 2.64. The average molecular weight is 353 g/mol. The van der Waals surface area contributed by atoms with E-state index < -0.39 is 18.2 Å². The molecule has 1 aliphatic heterocycles. The number of para-hydroxylation sites is 1. The molecule has 7 heteroatoms. The molecule has 0 saturated heterocycles. The molecular formula is C19H19N3O4. The van der Waals surface area contributed by atoms with Crippen LogP contribution in [0.25, 0.3) is 0 Å². The van der Waals surface area contributed by atoms with E-state index in [4.69, 9.17) is 14.7 Å². The highest BCUT2D eigenvalue weighted by Gasteiger charge is 2.30. The third kappa shape index (κ3) is 4.23. The van der Waals surface area contributed by atoms with Crippen molar-refractivity contribution in [3.63, 3.8) is 0 Å². The third-order valence-corrected chi connectivity index (χ3v) is 3.99. The summed E-state index contributed by atoms with van der Waals surface area (Å²) < 4.78 is 11.0. The molecule has 3 N–H and O–H groups in total. The summed E-state index contributed by atoms with van der Waals surface area (Å²) in [6.07, 6.45) is -0.819. The van der Waals surface area contributed by atoms with Gasteiger partial charge in [0.1, 0.15) is 30.8 Å². The zero-order chi connectivity index (χ0) is 18.4. The number of urea groups is 1. The number of amides is 2. The number of nitriles is 1. The van der Waals surface area contributed by atoms with Crippen LogP contribution in [0.15, 0.2) is 48.5 Å². The molecule has 0 saturated carbocycles. The van der Waals surface area contributed by atoms with Gasteiger partial charge in [-0.3, -0.25) is 0 Å². The predicted octanol–water partition coefficient (Wildman–Crippen LogP) is 1.73. The van der Waals surface area contributed by atoms with Crippen LogP contribution in [0.3, 0.4) is 0 Å². The molecule has 0 fully saturated rings. The number of aliphatic hydroxyl groups is 1. The predicted molar refractivity (Wildman–Crippen MR) is 93.9 cm³/mol. The van der Waals surface area contributed by atoms with Crippen molar-refractivity contribution in [1.29, 1.82) is 5.26 Å². The summed E-state index contributed by atoms with van der Waals surface area (Å²) in [6, 6.07) is 15.0. The molecule has 2 aromatic rings. The van der Waals surface area contributed by atoms with Crippen molar-refractivity contribution in [2.45, 2.75) is 12.1 Å². The van der Waals surface area contributed by atoms with Crippen LogP contribution in [0.2, 0.25) is 0 Å². The Bertz CT molecular complexity index is 801. The van der Waals surface area contributed by atoms with Crippen LogP contribution < -0.4 is 20.1 Å². The molecule has 2 unspecified atom stereocenters. The molecule has 2 atom stereocenters. The Morgan fingerprint density at radius 1 is 1.27 bits per heavy atom. The lowest BCUT2D eigenvalue weighted by Gasteiger charge is -2.30. The van der Waals surface area contributed by atoms with Gasteiger partial charge >= 0.3 is 6.03 Å². The summed E-state index contributed by atoms with van der Waals surface area (Å²) in [6.45, 7) is 0.783. The second kappa shape index (κ2) is 8.23. The van der Waals surface area contributed by atoms with E-state index in [-0.39, 0.29) is 13.2 Å². The molecule has 0 aromatic heterocycles. The molecule has 2 aromatic carbocycles. The largest absolute Gasteiger partial charge is 0.492 e. The van der Waals surface area contributed by atoms with Crippen LogP contribution in [0.5, 0.6) is 11.5 Å². The number of rotatable bonds is 5. The van der Waals surface area contributed by atoms with Crippen molar-refractivity contribution in [3.05, 3.63) is 59.7 Å². The number of hydrogen-bond donors (Lipinski definition) is 3. The molecular weight excluding hydrogens is 334 g/mol. The van der Waals surface area contributed by atoms with Gasteiger partial charge in [0.05, 0.1) is 24.2 Å². The normalized spacial score (nSPS) is 18.0. The Balaban J connectivity index is 1.41. The summed E-state index contributed by atoms with van der Waals surface area (Å²) >= 11 is 0. The van der Waals surface area contributed by atoms with E-state index in [9.17, 15) is 9.90 Å². The molecule has 0 spiro atoms. The molecule has 0 bridgehead atoms. The topological polar surface area (TPSA) is 104 Å². The third-order valence-electron chi connectivity index (χ3n) is 3.99. The van der Waals surface area contributed by atoms with E-state index in [1.165, 1.54) is 0 Å². The highest BCUT2D eigenvalue weighted by Crippen LogP contribution is 2.31. The summed E-state index contributed by atoms with van der Waals surface area (Å²) in [4.78, 5) is 12.0. The quantitative estimate of drug-likeness (QED) is 0.710. The SMILES string of the molecule is N#Cc1ccc(OCCNC(=O)NC2COc3ccccc3C2O)cc1. The number of nitrogens with zero attached hydrogens (tertiary/aromatic N) is 1. The molecule has 7 nitrogen and oxygen atoms in total. The van der Waals surface area contributed by atoms with Gasteiger partial charge < -0.3 is 25.2 Å². The first kappa shape index (κ1) is 17.6. The van der Waals surface area contributed by atoms with Crippen molar-refractivity contribution < 1.29 is 19.4 Å².